The van der Waals surface area contributed by atoms with Crippen LogP contribution in [0.25, 0.3) is 0 Å². The molecule has 1 heterocycles. The summed E-state index contributed by atoms with van der Waals surface area (Å²) in [6, 6.07) is 7.74. The number of rotatable bonds is 4. The molecule has 1 aromatic carbocycles. The van der Waals surface area contributed by atoms with Crippen molar-refractivity contribution in [2.24, 2.45) is 5.92 Å². The molecule has 0 radical (unpaired) electrons. The first-order valence-electron chi connectivity index (χ1n) is 7.75. The Kier molecular flexibility index (Phi) is 7.49. The molecule has 120 valence electrons. The maximum Gasteiger partial charge on any atom is 0.0352 e. The van der Waals surface area contributed by atoms with Crippen LogP contribution in [0.2, 0.25) is 0 Å². The number of aryl methyl sites for hydroxylation is 2. The predicted molar refractivity (Wildman–Crippen MR) is 94.9 cm³/mol. The van der Waals surface area contributed by atoms with Crippen molar-refractivity contribution in [3.05, 3.63) is 34.9 Å². The third kappa shape index (κ3) is 5.14. The summed E-state index contributed by atoms with van der Waals surface area (Å²) in [4.78, 5) is 2.70. The summed E-state index contributed by atoms with van der Waals surface area (Å²) in [5, 5.41) is 3.47. The minimum Gasteiger partial charge on any atom is -0.314 e. The van der Waals surface area contributed by atoms with Crippen LogP contribution in [0.5, 0.6) is 0 Å². The summed E-state index contributed by atoms with van der Waals surface area (Å²) in [5.74, 6) is 0.987. The molecule has 1 saturated heterocycles. The van der Waals surface area contributed by atoms with Crippen LogP contribution in [0.15, 0.2) is 18.2 Å². The highest BCUT2D eigenvalue weighted by Gasteiger charge is 2.30. The van der Waals surface area contributed by atoms with Gasteiger partial charge in [-0.1, -0.05) is 42.2 Å². The van der Waals surface area contributed by atoms with Gasteiger partial charge in [-0.05, 0) is 31.7 Å². The van der Waals surface area contributed by atoms with Crippen LogP contribution in [0.4, 0.5) is 0 Å². The van der Waals surface area contributed by atoms with Crippen LogP contribution in [-0.4, -0.2) is 31.1 Å². The van der Waals surface area contributed by atoms with Gasteiger partial charge in [0.25, 0.3) is 0 Å². The van der Waals surface area contributed by atoms with Crippen LogP contribution < -0.4 is 5.32 Å². The molecule has 0 spiro atoms. The van der Waals surface area contributed by atoms with Crippen molar-refractivity contribution in [2.75, 3.05) is 26.2 Å². The van der Waals surface area contributed by atoms with E-state index in [1.54, 1.807) is 5.56 Å². The Morgan fingerprint density at radius 3 is 2.14 bits per heavy atom. The first-order chi connectivity index (χ1) is 9.22. The van der Waals surface area contributed by atoms with E-state index in [0.29, 0.717) is 6.04 Å². The molecule has 1 aliphatic heterocycles. The fourth-order valence-corrected chi connectivity index (χ4v) is 3.36. The second kappa shape index (κ2) is 8.38. The van der Waals surface area contributed by atoms with E-state index in [1.165, 1.54) is 43.5 Å². The molecule has 2 fully saturated rings. The number of nitrogens with zero attached hydrogens (tertiary/aromatic N) is 1. The van der Waals surface area contributed by atoms with Crippen LogP contribution in [0, 0.1) is 19.8 Å². The maximum absolute atomic E-state index is 3.47. The molecule has 2 nitrogen and oxygen atoms in total. The standard InChI is InChI=1S/C17H26N2.2ClH/c1-13-9-14(2)11-16(10-13)17(12-15-3-4-15)19-7-5-18-6-8-19;;/h9-11,15,17-18H,3-8,12H2,1-2H3;2*1H/t17-;;/m1../s1. The second-order valence-corrected chi connectivity index (χ2v) is 6.40. The van der Waals surface area contributed by atoms with Crippen LogP contribution in [0.3, 0.4) is 0 Å². The summed E-state index contributed by atoms with van der Waals surface area (Å²) in [6.07, 6.45) is 4.27. The zero-order valence-electron chi connectivity index (χ0n) is 13.1. The van der Waals surface area contributed by atoms with Crippen LogP contribution >= 0.6 is 24.8 Å². The third-order valence-corrected chi connectivity index (χ3v) is 4.47. The summed E-state index contributed by atoms with van der Waals surface area (Å²) in [5.41, 5.74) is 4.36. The number of hydrogen-bond donors (Lipinski definition) is 1. The fourth-order valence-electron chi connectivity index (χ4n) is 3.36. The number of piperazine rings is 1. The van der Waals surface area contributed by atoms with Gasteiger partial charge in [-0.2, -0.15) is 0 Å². The molecule has 21 heavy (non-hydrogen) atoms. The first-order valence-corrected chi connectivity index (χ1v) is 7.75. The van der Waals surface area contributed by atoms with Crippen molar-refractivity contribution in [1.82, 2.24) is 10.2 Å². The smallest absolute Gasteiger partial charge is 0.0352 e. The predicted octanol–water partition coefficient (Wildman–Crippen LogP) is 3.89. The van der Waals surface area contributed by atoms with E-state index < -0.39 is 0 Å². The Morgan fingerprint density at radius 1 is 1.05 bits per heavy atom. The monoisotopic (exact) mass is 330 g/mol. The highest BCUT2D eigenvalue weighted by molar-refractivity contribution is 5.85. The lowest BCUT2D eigenvalue weighted by molar-refractivity contribution is 0.160. The van der Waals surface area contributed by atoms with Gasteiger partial charge >= 0.3 is 0 Å². The van der Waals surface area contributed by atoms with Gasteiger partial charge in [-0.3, -0.25) is 4.90 Å². The molecule has 2 aliphatic rings. The zero-order valence-corrected chi connectivity index (χ0v) is 14.7. The van der Waals surface area contributed by atoms with E-state index in [0.717, 1.165) is 19.0 Å². The molecule has 0 aromatic heterocycles. The molecule has 0 bridgehead atoms. The fraction of sp³-hybridized carbons (Fsp3) is 0.647. The molecule has 1 aliphatic carbocycles. The largest absolute Gasteiger partial charge is 0.314 e. The molecule has 1 N–H and O–H groups in total. The molecular weight excluding hydrogens is 303 g/mol. The number of benzene rings is 1. The second-order valence-electron chi connectivity index (χ2n) is 6.40. The summed E-state index contributed by atoms with van der Waals surface area (Å²) in [7, 11) is 0. The molecule has 0 amide bonds. The van der Waals surface area contributed by atoms with Crippen LogP contribution in [0.1, 0.15) is 42.0 Å². The van der Waals surface area contributed by atoms with E-state index in [9.17, 15) is 0 Å². The quantitative estimate of drug-likeness (QED) is 0.900. The molecule has 3 rings (SSSR count). The molecule has 1 aromatic rings. The molecular formula is C17H28Cl2N2. The lowest BCUT2D eigenvalue weighted by Gasteiger charge is -2.35. The Bertz CT molecular complexity index is 420. The van der Waals surface area contributed by atoms with Gasteiger partial charge in [0.05, 0.1) is 0 Å². The Labute approximate surface area is 141 Å². The summed E-state index contributed by atoms with van der Waals surface area (Å²) < 4.78 is 0. The topological polar surface area (TPSA) is 15.3 Å². The van der Waals surface area contributed by atoms with E-state index in [2.05, 4.69) is 42.3 Å². The average Bonchev–Trinajstić information content (AvgIpc) is 3.20. The average molecular weight is 331 g/mol. The van der Waals surface area contributed by atoms with Crippen LogP contribution in [-0.2, 0) is 0 Å². The van der Waals surface area contributed by atoms with E-state index >= 15 is 0 Å². The van der Waals surface area contributed by atoms with Crippen molar-refractivity contribution < 1.29 is 0 Å². The molecule has 4 heteroatoms. The Balaban J connectivity index is 0.00000110. The van der Waals surface area contributed by atoms with Crippen molar-refractivity contribution >= 4 is 24.8 Å². The third-order valence-electron chi connectivity index (χ3n) is 4.47. The number of halogens is 2. The minimum atomic E-state index is 0. The molecule has 1 atom stereocenters. The highest BCUT2D eigenvalue weighted by Crippen LogP contribution is 2.40. The van der Waals surface area contributed by atoms with Gasteiger partial charge < -0.3 is 5.32 Å². The van der Waals surface area contributed by atoms with Crippen molar-refractivity contribution in [1.29, 1.82) is 0 Å². The van der Waals surface area contributed by atoms with Gasteiger partial charge in [-0.25, -0.2) is 0 Å². The van der Waals surface area contributed by atoms with Gasteiger partial charge in [0.15, 0.2) is 0 Å². The molecule has 1 saturated carbocycles. The first kappa shape index (κ1) is 18.8. The lowest BCUT2D eigenvalue weighted by atomic mass is 9.95. The lowest BCUT2D eigenvalue weighted by Crippen LogP contribution is -2.45. The van der Waals surface area contributed by atoms with Crippen molar-refractivity contribution in [3.8, 4) is 0 Å². The van der Waals surface area contributed by atoms with Gasteiger partial charge in [0.2, 0.25) is 0 Å². The highest BCUT2D eigenvalue weighted by atomic mass is 35.5. The Morgan fingerprint density at radius 2 is 1.62 bits per heavy atom. The van der Waals surface area contributed by atoms with Gasteiger partial charge in [0, 0.05) is 32.2 Å². The van der Waals surface area contributed by atoms with Gasteiger partial charge in [0.1, 0.15) is 0 Å². The Hall–Kier alpha value is -0.280. The summed E-state index contributed by atoms with van der Waals surface area (Å²) in [6.45, 7) is 9.14. The van der Waals surface area contributed by atoms with E-state index in [4.69, 9.17) is 0 Å². The van der Waals surface area contributed by atoms with Crippen molar-refractivity contribution in [2.45, 2.75) is 39.2 Å². The van der Waals surface area contributed by atoms with Crippen molar-refractivity contribution in [3.63, 3.8) is 0 Å². The van der Waals surface area contributed by atoms with Gasteiger partial charge in [-0.15, -0.1) is 24.8 Å². The zero-order chi connectivity index (χ0) is 13.2. The maximum atomic E-state index is 3.47. The summed E-state index contributed by atoms with van der Waals surface area (Å²) >= 11 is 0. The minimum absolute atomic E-state index is 0. The number of hydrogen-bond acceptors (Lipinski definition) is 2. The van der Waals surface area contributed by atoms with E-state index in [-0.39, 0.29) is 24.8 Å². The van der Waals surface area contributed by atoms with E-state index in [1.807, 2.05) is 0 Å². The molecule has 0 unspecified atom stereocenters. The SMILES string of the molecule is Cc1cc(C)cc([C@@H](CC2CC2)N2CCNCC2)c1.Cl.Cl. The number of nitrogens with one attached hydrogen (secondary N) is 1. The normalized spacial score (nSPS) is 20.3.